The van der Waals surface area contributed by atoms with Crippen LogP contribution < -0.4 is 14.8 Å². The molecule has 0 saturated heterocycles. The van der Waals surface area contributed by atoms with Gasteiger partial charge in [0.25, 0.3) is 0 Å². The van der Waals surface area contributed by atoms with Gasteiger partial charge in [-0.05, 0) is 23.8 Å². The summed E-state index contributed by atoms with van der Waals surface area (Å²) < 4.78 is 17.8. The molecule has 3 aromatic rings. The lowest BCUT2D eigenvalue weighted by molar-refractivity contribution is -0.136. The second kappa shape index (κ2) is 7.67. The number of carbonyl (C=O) groups excluding carboxylic acids is 1. The molecular weight excluding hydrogens is 372 g/mol. The lowest BCUT2D eigenvalue weighted by atomic mass is 9.92. The molecule has 8 heteroatoms. The largest absolute Gasteiger partial charge is 0.497 e. The van der Waals surface area contributed by atoms with Crippen LogP contribution in [0.3, 0.4) is 0 Å². The highest BCUT2D eigenvalue weighted by molar-refractivity contribution is 6.02. The Morgan fingerprint density at radius 2 is 1.86 bits per heavy atom. The van der Waals surface area contributed by atoms with Gasteiger partial charge in [-0.1, -0.05) is 30.3 Å². The number of hydrogen-bond donors (Lipinski definition) is 1. The normalized spacial score (nSPS) is 15.3. The van der Waals surface area contributed by atoms with Crippen LogP contribution in [0.2, 0.25) is 0 Å². The lowest BCUT2D eigenvalue weighted by Crippen LogP contribution is -2.29. The summed E-state index contributed by atoms with van der Waals surface area (Å²) in [5, 5.41) is 7.57. The highest BCUT2D eigenvalue weighted by Crippen LogP contribution is 2.42. The Kier molecular flexibility index (Phi) is 4.90. The molecule has 0 saturated carbocycles. The minimum Gasteiger partial charge on any atom is -0.497 e. The summed E-state index contributed by atoms with van der Waals surface area (Å²) in [5.74, 6) is 1.25. The fraction of sp³-hybridized carbons (Fsp3) is 0.190. The van der Waals surface area contributed by atoms with Gasteiger partial charge in [-0.25, -0.2) is 9.48 Å². The van der Waals surface area contributed by atoms with Crippen LogP contribution in [0, 0.1) is 0 Å². The molecule has 0 spiro atoms. The molecule has 0 bridgehead atoms. The number of aromatic nitrogens is 3. The molecule has 0 unspecified atom stereocenters. The first-order valence-electron chi connectivity index (χ1n) is 8.94. The number of nitrogens with one attached hydrogen (secondary N) is 1. The van der Waals surface area contributed by atoms with Gasteiger partial charge in [0.05, 0.1) is 32.6 Å². The predicted octanol–water partition coefficient (Wildman–Crippen LogP) is 2.89. The van der Waals surface area contributed by atoms with E-state index in [1.807, 2.05) is 36.4 Å². The molecule has 0 radical (unpaired) electrons. The molecule has 0 fully saturated rings. The molecule has 4 rings (SSSR count). The number of anilines is 1. The topological polar surface area (TPSA) is 87.5 Å². The van der Waals surface area contributed by atoms with Gasteiger partial charge in [0.1, 0.15) is 23.9 Å². The number of methoxy groups -OCH3 is 3. The maximum absolute atomic E-state index is 13.0. The van der Waals surface area contributed by atoms with Crippen molar-refractivity contribution < 1.29 is 19.0 Å². The van der Waals surface area contributed by atoms with E-state index < -0.39 is 12.0 Å². The number of ether oxygens (including phenoxy) is 3. The Balaban J connectivity index is 2.02. The molecule has 1 atom stereocenters. The van der Waals surface area contributed by atoms with Gasteiger partial charge in [-0.2, -0.15) is 10.1 Å². The smallest absolute Gasteiger partial charge is 0.338 e. The molecule has 2 aromatic carbocycles. The van der Waals surface area contributed by atoms with Crippen LogP contribution in [-0.4, -0.2) is 42.1 Å². The molecule has 0 amide bonds. The SMILES string of the molecule is COC(=O)C1=C(c2ccccc2)Nc2ncnn2[C@@H]1c1cc(OC)ccc1OC. The van der Waals surface area contributed by atoms with Crippen molar-refractivity contribution in [1.82, 2.24) is 14.8 Å². The molecule has 1 aliphatic heterocycles. The van der Waals surface area contributed by atoms with E-state index in [0.29, 0.717) is 34.3 Å². The van der Waals surface area contributed by atoms with E-state index in [1.54, 1.807) is 31.0 Å². The third kappa shape index (κ3) is 3.18. The molecule has 148 valence electrons. The quantitative estimate of drug-likeness (QED) is 0.668. The van der Waals surface area contributed by atoms with E-state index in [0.717, 1.165) is 5.56 Å². The fourth-order valence-corrected chi connectivity index (χ4v) is 3.46. The molecule has 1 N–H and O–H groups in total. The molecule has 0 aliphatic carbocycles. The van der Waals surface area contributed by atoms with Crippen molar-refractivity contribution in [3.63, 3.8) is 0 Å². The van der Waals surface area contributed by atoms with Gasteiger partial charge >= 0.3 is 5.97 Å². The zero-order valence-electron chi connectivity index (χ0n) is 16.2. The summed E-state index contributed by atoms with van der Waals surface area (Å²) in [6.07, 6.45) is 1.44. The Morgan fingerprint density at radius 3 is 2.55 bits per heavy atom. The van der Waals surface area contributed by atoms with Crippen LogP contribution in [0.1, 0.15) is 17.2 Å². The Morgan fingerprint density at radius 1 is 1.07 bits per heavy atom. The molecule has 1 aromatic heterocycles. The monoisotopic (exact) mass is 392 g/mol. The zero-order chi connectivity index (χ0) is 20.4. The van der Waals surface area contributed by atoms with Crippen molar-refractivity contribution in [2.45, 2.75) is 6.04 Å². The first-order valence-corrected chi connectivity index (χ1v) is 8.94. The fourth-order valence-electron chi connectivity index (χ4n) is 3.46. The third-order valence-corrected chi connectivity index (χ3v) is 4.80. The van der Waals surface area contributed by atoms with E-state index in [2.05, 4.69) is 15.4 Å². The standard InChI is InChI=1S/C21H20N4O4/c1-27-14-9-10-16(28-2)15(11-14)19-17(20(26)29-3)18(13-7-5-4-6-8-13)24-21-22-12-23-25(19)21/h4-12,19H,1-3H3,(H,22,23,24)/t19-/m1/s1. The summed E-state index contributed by atoms with van der Waals surface area (Å²) in [7, 11) is 4.52. The van der Waals surface area contributed by atoms with Crippen molar-refractivity contribution in [1.29, 1.82) is 0 Å². The van der Waals surface area contributed by atoms with Gasteiger partial charge in [0, 0.05) is 5.56 Å². The first kappa shape index (κ1) is 18.5. The van der Waals surface area contributed by atoms with Crippen LogP contribution >= 0.6 is 0 Å². The van der Waals surface area contributed by atoms with Crippen molar-refractivity contribution in [2.75, 3.05) is 26.6 Å². The summed E-state index contributed by atoms with van der Waals surface area (Å²) in [6.45, 7) is 0. The predicted molar refractivity (Wildman–Crippen MR) is 107 cm³/mol. The van der Waals surface area contributed by atoms with Gasteiger partial charge in [0.2, 0.25) is 5.95 Å². The van der Waals surface area contributed by atoms with Crippen LogP contribution in [0.25, 0.3) is 5.70 Å². The van der Waals surface area contributed by atoms with Crippen molar-refractivity contribution in [3.05, 3.63) is 71.6 Å². The highest BCUT2D eigenvalue weighted by Gasteiger charge is 2.37. The van der Waals surface area contributed by atoms with E-state index in [-0.39, 0.29) is 0 Å². The van der Waals surface area contributed by atoms with Crippen LogP contribution in [0.4, 0.5) is 5.95 Å². The van der Waals surface area contributed by atoms with Gasteiger partial charge in [-0.15, -0.1) is 0 Å². The molecular formula is C21H20N4O4. The third-order valence-electron chi connectivity index (χ3n) is 4.80. The van der Waals surface area contributed by atoms with E-state index in [1.165, 1.54) is 13.4 Å². The average Bonchev–Trinajstić information content (AvgIpc) is 3.25. The summed E-state index contributed by atoms with van der Waals surface area (Å²) in [4.78, 5) is 17.3. The van der Waals surface area contributed by atoms with Gasteiger partial charge < -0.3 is 19.5 Å². The second-order valence-electron chi connectivity index (χ2n) is 6.31. The number of carbonyl (C=O) groups is 1. The van der Waals surface area contributed by atoms with E-state index in [9.17, 15) is 4.79 Å². The van der Waals surface area contributed by atoms with Crippen LogP contribution in [0.15, 0.2) is 60.4 Å². The Bertz CT molecular complexity index is 1080. The van der Waals surface area contributed by atoms with Crippen LogP contribution in [0.5, 0.6) is 11.5 Å². The number of rotatable bonds is 5. The Labute approximate surface area is 167 Å². The first-order chi connectivity index (χ1) is 14.2. The Hall–Kier alpha value is -3.81. The number of benzene rings is 2. The number of nitrogens with zero attached hydrogens (tertiary/aromatic N) is 3. The minimum atomic E-state index is -0.624. The molecule has 29 heavy (non-hydrogen) atoms. The van der Waals surface area contributed by atoms with E-state index in [4.69, 9.17) is 14.2 Å². The minimum absolute atomic E-state index is 0.392. The summed E-state index contributed by atoms with van der Waals surface area (Å²) in [6, 6.07) is 14.3. The number of esters is 1. The maximum Gasteiger partial charge on any atom is 0.338 e. The summed E-state index contributed by atoms with van der Waals surface area (Å²) >= 11 is 0. The van der Waals surface area contributed by atoms with Gasteiger partial charge in [0.15, 0.2) is 0 Å². The van der Waals surface area contributed by atoms with Gasteiger partial charge in [-0.3, -0.25) is 0 Å². The average molecular weight is 392 g/mol. The molecule has 1 aliphatic rings. The maximum atomic E-state index is 13.0. The van der Waals surface area contributed by atoms with Crippen molar-refractivity contribution in [2.24, 2.45) is 0 Å². The highest BCUT2D eigenvalue weighted by atomic mass is 16.5. The van der Waals surface area contributed by atoms with E-state index >= 15 is 0 Å². The lowest BCUT2D eigenvalue weighted by Gasteiger charge is -2.30. The van der Waals surface area contributed by atoms with Crippen molar-refractivity contribution >= 4 is 17.6 Å². The zero-order valence-corrected chi connectivity index (χ0v) is 16.2. The number of fused-ring (bicyclic) bond motifs is 1. The van der Waals surface area contributed by atoms with Crippen molar-refractivity contribution in [3.8, 4) is 11.5 Å². The second-order valence-corrected chi connectivity index (χ2v) is 6.31. The van der Waals surface area contributed by atoms with Crippen LogP contribution in [-0.2, 0) is 9.53 Å². The summed E-state index contributed by atoms with van der Waals surface area (Å²) in [5.41, 5.74) is 2.53. The molecule has 8 nitrogen and oxygen atoms in total. The molecule has 2 heterocycles. The number of hydrogen-bond acceptors (Lipinski definition) is 7.